The van der Waals surface area contributed by atoms with Crippen LogP contribution < -0.4 is 5.43 Å². The third kappa shape index (κ3) is 3.82. The normalized spacial score (nSPS) is 13.9. The van der Waals surface area contributed by atoms with Gasteiger partial charge in [0.25, 0.3) is 0 Å². The highest BCUT2D eigenvalue weighted by molar-refractivity contribution is 9.09. The first-order valence-corrected chi connectivity index (χ1v) is 6.27. The predicted molar refractivity (Wildman–Crippen MR) is 67.4 cm³/mol. The fourth-order valence-electron chi connectivity index (χ4n) is 1.37. The van der Waals surface area contributed by atoms with Crippen LogP contribution in [0.1, 0.15) is 20.8 Å². The third-order valence-corrected chi connectivity index (χ3v) is 3.48. The van der Waals surface area contributed by atoms with Crippen LogP contribution in [0.2, 0.25) is 0 Å². The first-order valence-electron chi connectivity index (χ1n) is 5.15. The summed E-state index contributed by atoms with van der Waals surface area (Å²) in [5.41, 5.74) is 0.338. The van der Waals surface area contributed by atoms with E-state index < -0.39 is 0 Å². The van der Waals surface area contributed by atoms with Crippen LogP contribution in [0.15, 0.2) is 29.3 Å². The lowest BCUT2D eigenvalue weighted by molar-refractivity contribution is 0.239. The third-order valence-electron chi connectivity index (χ3n) is 2.70. The van der Waals surface area contributed by atoms with Gasteiger partial charge in [0.05, 0.1) is 0 Å². The lowest BCUT2D eigenvalue weighted by atomic mass is 9.82. The molecule has 2 nitrogen and oxygen atoms in total. The van der Waals surface area contributed by atoms with E-state index in [-0.39, 0.29) is 10.8 Å². The minimum atomic E-state index is 0.0670. The number of alkyl halides is 1. The largest absolute Gasteiger partial charge is 0.354 e. The molecule has 0 amide bonds. The summed E-state index contributed by atoms with van der Waals surface area (Å²) >= 11 is 3.55. The van der Waals surface area contributed by atoms with Gasteiger partial charge in [0.2, 0.25) is 0 Å². The van der Waals surface area contributed by atoms with Crippen molar-refractivity contribution in [2.45, 2.75) is 27.3 Å². The Balaban J connectivity index is 2.76. The molecule has 0 fully saturated rings. The van der Waals surface area contributed by atoms with Gasteiger partial charge in [0, 0.05) is 36.4 Å². The van der Waals surface area contributed by atoms with E-state index in [9.17, 15) is 4.79 Å². The fraction of sp³-hybridized carbons (Fsp3) is 0.583. The number of aromatic nitrogens is 1. The number of hydrogen-bond donors (Lipinski definition) is 0. The fourth-order valence-corrected chi connectivity index (χ4v) is 2.55. The zero-order valence-electron chi connectivity index (χ0n) is 9.53. The van der Waals surface area contributed by atoms with Crippen LogP contribution >= 0.6 is 15.9 Å². The Hall–Kier alpha value is -0.570. The Kier molecular flexibility index (Phi) is 4.14. The quantitative estimate of drug-likeness (QED) is 0.775. The van der Waals surface area contributed by atoms with Crippen molar-refractivity contribution in [3.8, 4) is 0 Å². The molecule has 0 aliphatic carbocycles. The van der Waals surface area contributed by atoms with Gasteiger partial charge in [-0.2, -0.15) is 0 Å². The summed E-state index contributed by atoms with van der Waals surface area (Å²) in [6.07, 6.45) is 3.70. The molecule has 3 heteroatoms. The SMILES string of the molecule is CC(C)(C)C(CBr)Cn1ccc(=O)cc1. The molecule has 0 saturated heterocycles. The van der Waals surface area contributed by atoms with Gasteiger partial charge in [-0.05, 0) is 11.3 Å². The Morgan fingerprint density at radius 2 is 1.87 bits per heavy atom. The van der Waals surface area contributed by atoms with Gasteiger partial charge in [-0.15, -0.1) is 0 Å². The molecule has 1 atom stereocenters. The van der Waals surface area contributed by atoms with E-state index in [0.717, 1.165) is 11.9 Å². The molecule has 0 spiro atoms. The van der Waals surface area contributed by atoms with E-state index in [4.69, 9.17) is 0 Å². The van der Waals surface area contributed by atoms with Gasteiger partial charge >= 0.3 is 0 Å². The maximum Gasteiger partial charge on any atom is 0.181 e. The molecule has 0 aromatic carbocycles. The maximum atomic E-state index is 11.0. The van der Waals surface area contributed by atoms with Crippen molar-refractivity contribution in [1.29, 1.82) is 0 Å². The second-order valence-electron chi connectivity index (χ2n) is 4.95. The van der Waals surface area contributed by atoms with Crippen molar-refractivity contribution in [3.05, 3.63) is 34.7 Å². The molecule has 0 N–H and O–H groups in total. The van der Waals surface area contributed by atoms with Crippen LogP contribution in [-0.4, -0.2) is 9.90 Å². The van der Waals surface area contributed by atoms with Crippen LogP contribution in [-0.2, 0) is 6.54 Å². The molecule has 1 aromatic heterocycles. The van der Waals surface area contributed by atoms with Gasteiger partial charge in [0.1, 0.15) is 0 Å². The summed E-state index contributed by atoms with van der Waals surface area (Å²) in [4.78, 5) is 11.0. The first-order chi connectivity index (χ1) is 6.93. The van der Waals surface area contributed by atoms with Gasteiger partial charge in [-0.3, -0.25) is 4.79 Å². The van der Waals surface area contributed by atoms with Crippen LogP contribution in [0.25, 0.3) is 0 Å². The van der Waals surface area contributed by atoms with Crippen LogP contribution in [0, 0.1) is 11.3 Å². The van der Waals surface area contributed by atoms with Crippen LogP contribution in [0.3, 0.4) is 0 Å². The summed E-state index contributed by atoms with van der Waals surface area (Å²) in [5, 5.41) is 0.975. The first kappa shape index (κ1) is 12.5. The zero-order chi connectivity index (χ0) is 11.5. The molecular formula is C12H18BrNO. The second-order valence-corrected chi connectivity index (χ2v) is 5.60. The summed E-state index contributed by atoms with van der Waals surface area (Å²) in [6, 6.07) is 3.21. The van der Waals surface area contributed by atoms with Gasteiger partial charge in [-0.25, -0.2) is 0 Å². The highest BCUT2D eigenvalue weighted by atomic mass is 79.9. The Morgan fingerprint density at radius 3 is 2.27 bits per heavy atom. The van der Waals surface area contributed by atoms with Crippen molar-refractivity contribution in [2.75, 3.05) is 5.33 Å². The second kappa shape index (κ2) is 4.97. The lowest BCUT2D eigenvalue weighted by Gasteiger charge is -2.29. The maximum absolute atomic E-state index is 11.0. The number of halogens is 1. The molecule has 0 saturated carbocycles. The molecule has 1 rings (SSSR count). The van der Waals surface area contributed by atoms with Crippen LogP contribution in [0.4, 0.5) is 0 Å². The van der Waals surface area contributed by atoms with Crippen molar-refractivity contribution in [3.63, 3.8) is 0 Å². The molecule has 0 bridgehead atoms. The molecule has 84 valence electrons. The molecule has 1 aromatic rings. The number of rotatable bonds is 3. The molecule has 0 aliphatic heterocycles. The standard InChI is InChI=1S/C12H18BrNO/c1-12(2,3)10(8-13)9-14-6-4-11(15)5-7-14/h4-7,10H,8-9H2,1-3H3. The van der Waals surface area contributed by atoms with Crippen LogP contribution in [0.5, 0.6) is 0 Å². The average Bonchev–Trinajstić information content (AvgIpc) is 2.15. The minimum absolute atomic E-state index is 0.0670. The van der Waals surface area contributed by atoms with Crippen molar-refractivity contribution >= 4 is 15.9 Å². The van der Waals surface area contributed by atoms with Crippen molar-refractivity contribution in [1.82, 2.24) is 4.57 Å². The molecule has 0 radical (unpaired) electrons. The summed E-state index contributed by atoms with van der Waals surface area (Å²) in [6.45, 7) is 7.65. The van der Waals surface area contributed by atoms with E-state index in [1.54, 1.807) is 12.1 Å². The summed E-state index contributed by atoms with van der Waals surface area (Å²) in [7, 11) is 0. The zero-order valence-corrected chi connectivity index (χ0v) is 11.1. The van der Waals surface area contributed by atoms with Crippen molar-refractivity contribution < 1.29 is 0 Å². The molecular weight excluding hydrogens is 254 g/mol. The molecule has 1 unspecified atom stereocenters. The Morgan fingerprint density at radius 1 is 1.33 bits per heavy atom. The van der Waals surface area contributed by atoms with E-state index >= 15 is 0 Å². The van der Waals surface area contributed by atoms with Gasteiger partial charge in [0.15, 0.2) is 5.43 Å². The van der Waals surface area contributed by atoms with E-state index in [2.05, 4.69) is 41.3 Å². The molecule has 1 heterocycles. The summed E-state index contributed by atoms with van der Waals surface area (Å²) < 4.78 is 2.07. The lowest BCUT2D eigenvalue weighted by Crippen LogP contribution is -2.26. The van der Waals surface area contributed by atoms with E-state index in [1.807, 2.05) is 12.4 Å². The van der Waals surface area contributed by atoms with Crippen molar-refractivity contribution in [2.24, 2.45) is 11.3 Å². The van der Waals surface area contributed by atoms with Gasteiger partial charge < -0.3 is 4.57 Å². The smallest absolute Gasteiger partial charge is 0.181 e. The number of nitrogens with zero attached hydrogens (tertiary/aromatic N) is 1. The minimum Gasteiger partial charge on any atom is -0.354 e. The number of pyridine rings is 1. The monoisotopic (exact) mass is 271 g/mol. The predicted octanol–water partition coefficient (Wildman–Crippen LogP) is 2.91. The van der Waals surface area contributed by atoms with E-state index in [0.29, 0.717) is 5.92 Å². The molecule has 15 heavy (non-hydrogen) atoms. The highest BCUT2D eigenvalue weighted by Crippen LogP contribution is 2.28. The molecule has 0 aliphatic rings. The highest BCUT2D eigenvalue weighted by Gasteiger charge is 2.23. The Bertz CT molecular complexity index is 344. The Labute approximate surface area is 99.4 Å². The average molecular weight is 272 g/mol. The summed E-state index contributed by atoms with van der Waals surface area (Å²) in [5.74, 6) is 0.556. The van der Waals surface area contributed by atoms with E-state index in [1.165, 1.54) is 0 Å². The van der Waals surface area contributed by atoms with Gasteiger partial charge in [-0.1, -0.05) is 36.7 Å². The topological polar surface area (TPSA) is 22.0 Å². The number of hydrogen-bond acceptors (Lipinski definition) is 1.